The number of carbonyl (C=O) groups is 1. The van der Waals surface area contributed by atoms with Gasteiger partial charge in [0.1, 0.15) is 0 Å². The highest BCUT2D eigenvalue weighted by molar-refractivity contribution is 7.10. The Morgan fingerprint density at radius 2 is 2.50 bits per heavy atom. The maximum Gasteiger partial charge on any atom is 0.217 e. The summed E-state index contributed by atoms with van der Waals surface area (Å²) < 4.78 is 0. The predicted molar refractivity (Wildman–Crippen MR) is 80.4 cm³/mol. The Morgan fingerprint density at radius 1 is 1.65 bits per heavy atom. The lowest BCUT2D eigenvalue weighted by Gasteiger charge is -2.15. The van der Waals surface area contributed by atoms with E-state index in [1.807, 2.05) is 6.07 Å². The first-order valence-corrected chi connectivity index (χ1v) is 7.72. The number of hydrogen-bond acceptors (Lipinski definition) is 4. The zero-order valence-electron chi connectivity index (χ0n) is 11.7. The molecule has 1 atom stereocenters. The second-order valence-electron chi connectivity index (χ2n) is 4.95. The van der Waals surface area contributed by atoms with Crippen LogP contribution in [-0.4, -0.2) is 41.7 Å². The fourth-order valence-corrected chi connectivity index (χ4v) is 3.24. The van der Waals surface area contributed by atoms with Crippen LogP contribution in [0.4, 0.5) is 0 Å². The van der Waals surface area contributed by atoms with Crippen molar-refractivity contribution in [1.82, 2.24) is 10.2 Å². The molecular weight excluding hydrogens is 272 g/mol. The Labute approximate surface area is 123 Å². The molecule has 4 nitrogen and oxygen atoms in total. The average molecular weight is 292 g/mol. The van der Waals surface area contributed by atoms with Crippen molar-refractivity contribution in [3.63, 3.8) is 0 Å². The first-order chi connectivity index (χ1) is 9.69. The average Bonchev–Trinajstić information content (AvgIpc) is 3.00. The smallest absolute Gasteiger partial charge is 0.217 e. The number of nitrogens with zero attached hydrogens (tertiary/aromatic N) is 1. The quantitative estimate of drug-likeness (QED) is 0.820. The van der Waals surface area contributed by atoms with Crippen LogP contribution in [0.5, 0.6) is 0 Å². The molecule has 1 aromatic rings. The lowest BCUT2D eigenvalue weighted by Crippen LogP contribution is -2.35. The van der Waals surface area contributed by atoms with Gasteiger partial charge in [-0.05, 0) is 17.9 Å². The Balaban J connectivity index is 1.90. The third-order valence-electron chi connectivity index (χ3n) is 3.25. The number of rotatable bonds is 4. The second-order valence-corrected chi connectivity index (χ2v) is 5.95. The summed E-state index contributed by atoms with van der Waals surface area (Å²) in [5.41, 5.74) is 1.06. The van der Waals surface area contributed by atoms with Crippen LogP contribution in [0.3, 0.4) is 0 Å². The number of aliphatic hydroxyl groups is 1. The van der Waals surface area contributed by atoms with Crippen LogP contribution in [0.15, 0.2) is 11.4 Å². The Bertz CT molecular complexity index is 515. The summed E-state index contributed by atoms with van der Waals surface area (Å²) >= 11 is 1.72. The van der Waals surface area contributed by atoms with Gasteiger partial charge in [-0.3, -0.25) is 9.69 Å². The van der Waals surface area contributed by atoms with Gasteiger partial charge < -0.3 is 10.4 Å². The van der Waals surface area contributed by atoms with E-state index in [4.69, 9.17) is 5.11 Å². The molecule has 1 fully saturated rings. The molecule has 0 aliphatic carbocycles. The largest absolute Gasteiger partial charge is 0.395 e. The lowest BCUT2D eigenvalue weighted by atomic mass is 10.2. The maximum absolute atomic E-state index is 11.1. The molecule has 20 heavy (non-hydrogen) atoms. The second kappa shape index (κ2) is 7.44. The molecule has 2 N–H and O–H groups in total. The molecule has 1 aliphatic rings. The van der Waals surface area contributed by atoms with E-state index in [2.05, 4.69) is 27.4 Å². The van der Waals surface area contributed by atoms with Gasteiger partial charge in [-0.25, -0.2) is 0 Å². The van der Waals surface area contributed by atoms with Crippen molar-refractivity contribution in [2.24, 2.45) is 0 Å². The van der Waals surface area contributed by atoms with Crippen LogP contribution < -0.4 is 5.32 Å². The van der Waals surface area contributed by atoms with Gasteiger partial charge in [0, 0.05) is 49.5 Å². The molecule has 0 bridgehead atoms. The van der Waals surface area contributed by atoms with Crippen molar-refractivity contribution in [1.29, 1.82) is 0 Å². The monoisotopic (exact) mass is 292 g/mol. The maximum atomic E-state index is 11.1. The topological polar surface area (TPSA) is 52.6 Å². The van der Waals surface area contributed by atoms with E-state index in [0.29, 0.717) is 6.42 Å². The Morgan fingerprint density at radius 3 is 3.25 bits per heavy atom. The Hall–Kier alpha value is -1.35. The third-order valence-corrected chi connectivity index (χ3v) is 4.16. The summed E-state index contributed by atoms with van der Waals surface area (Å²) in [6.07, 6.45) is 1.53. The highest BCUT2D eigenvalue weighted by atomic mass is 32.1. The number of carbonyl (C=O) groups excluding carboxylic acids is 1. The van der Waals surface area contributed by atoms with Gasteiger partial charge in [0.05, 0.1) is 6.61 Å². The summed E-state index contributed by atoms with van der Waals surface area (Å²) in [6, 6.07) is 2.31. The minimum atomic E-state index is 0.0449. The summed E-state index contributed by atoms with van der Waals surface area (Å²) in [6.45, 7) is 4.47. The highest BCUT2D eigenvalue weighted by Crippen LogP contribution is 2.21. The molecule has 0 spiro atoms. The van der Waals surface area contributed by atoms with Crippen molar-refractivity contribution in [3.8, 4) is 11.8 Å². The number of amides is 1. The van der Waals surface area contributed by atoms with Crippen molar-refractivity contribution < 1.29 is 9.90 Å². The van der Waals surface area contributed by atoms with Crippen molar-refractivity contribution in [2.75, 3.05) is 19.7 Å². The predicted octanol–water partition coefficient (Wildman–Crippen LogP) is 1.19. The number of likely N-dealkylation sites (tertiary alicyclic amines) is 1. The number of aliphatic hydroxyl groups excluding tert-OH is 1. The van der Waals surface area contributed by atoms with Gasteiger partial charge in [-0.2, -0.15) is 0 Å². The zero-order valence-corrected chi connectivity index (χ0v) is 12.5. The fraction of sp³-hybridized carbons (Fsp3) is 0.533. The van der Waals surface area contributed by atoms with Gasteiger partial charge in [0.25, 0.3) is 0 Å². The lowest BCUT2D eigenvalue weighted by molar-refractivity contribution is -0.119. The highest BCUT2D eigenvalue weighted by Gasteiger charge is 2.23. The van der Waals surface area contributed by atoms with E-state index in [1.54, 1.807) is 18.3 Å². The van der Waals surface area contributed by atoms with E-state index in [-0.39, 0.29) is 18.6 Å². The number of hydrogen-bond donors (Lipinski definition) is 2. The van der Waals surface area contributed by atoms with Gasteiger partial charge in [0.15, 0.2) is 0 Å². The van der Waals surface area contributed by atoms with Crippen LogP contribution in [-0.2, 0) is 11.3 Å². The van der Waals surface area contributed by atoms with Crippen molar-refractivity contribution >= 4 is 17.2 Å². The molecule has 2 rings (SSSR count). The van der Waals surface area contributed by atoms with Crippen molar-refractivity contribution in [3.05, 3.63) is 21.9 Å². The summed E-state index contributed by atoms with van der Waals surface area (Å²) in [4.78, 5) is 14.7. The van der Waals surface area contributed by atoms with E-state index >= 15 is 0 Å². The molecule has 1 aromatic heterocycles. The SMILES string of the molecule is CC(=O)NC1CCN(Cc2sccc2C#CCCO)C1. The standard InChI is InChI=1S/C15H20N2O2S/c1-12(19)16-14-5-7-17(10-14)11-15-13(6-9-20-15)4-2-3-8-18/h6,9,14,18H,3,5,7-8,10-11H2,1H3,(H,16,19). The molecule has 0 saturated carbocycles. The summed E-state index contributed by atoms with van der Waals surface area (Å²) in [5.74, 6) is 6.13. The minimum Gasteiger partial charge on any atom is -0.395 e. The zero-order chi connectivity index (χ0) is 14.4. The minimum absolute atomic E-state index is 0.0449. The van der Waals surface area contributed by atoms with E-state index in [1.165, 1.54) is 4.88 Å². The van der Waals surface area contributed by atoms with Gasteiger partial charge in [-0.15, -0.1) is 11.3 Å². The summed E-state index contributed by atoms with van der Waals surface area (Å²) in [5, 5.41) is 13.8. The molecular formula is C15H20N2O2S. The van der Waals surface area contributed by atoms with Gasteiger partial charge >= 0.3 is 0 Å². The fourth-order valence-electron chi connectivity index (χ4n) is 2.37. The molecule has 1 unspecified atom stereocenters. The normalized spacial score (nSPS) is 18.6. The molecule has 0 aromatic carbocycles. The molecule has 1 amide bonds. The molecule has 1 saturated heterocycles. The third kappa shape index (κ3) is 4.34. The molecule has 2 heterocycles. The van der Waals surface area contributed by atoms with Crippen LogP contribution in [0, 0.1) is 11.8 Å². The molecule has 1 aliphatic heterocycles. The van der Waals surface area contributed by atoms with Gasteiger partial charge in [-0.1, -0.05) is 11.8 Å². The van der Waals surface area contributed by atoms with Crippen molar-refractivity contribution in [2.45, 2.75) is 32.4 Å². The molecule has 108 valence electrons. The molecule has 5 heteroatoms. The van der Waals surface area contributed by atoms with Crippen LogP contribution in [0.25, 0.3) is 0 Å². The van der Waals surface area contributed by atoms with E-state index in [0.717, 1.165) is 31.6 Å². The van der Waals surface area contributed by atoms with Crippen LogP contribution >= 0.6 is 11.3 Å². The first-order valence-electron chi connectivity index (χ1n) is 6.84. The van der Waals surface area contributed by atoms with E-state index < -0.39 is 0 Å². The summed E-state index contributed by atoms with van der Waals surface area (Å²) in [7, 11) is 0. The van der Waals surface area contributed by atoms with E-state index in [9.17, 15) is 4.79 Å². The first kappa shape index (κ1) is 15.0. The van der Waals surface area contributed by atoms with Gasteiger partial charge in [0.2, 0.25) is 5.91 Å². The van der Waals surface area contributed by atoms with Crippen LogP contribution in [0.2, 0.25) is 0 Å². The number of nitrogens with one attached hydrogen (secondary N) is 1. The Kier molecular flexibility index (Phi) is 5.60. The number of thiophene rings is 1. The van der Waals surface area contributed by atoms with Crippen LogP contribution in [0.1, 0.15) is 30.2 Å². The molecule has 0 radical (unpaired) electrons.